The van der Waals surface area contributed by atoms with Crippen LogP contribution in [0, 0.1) is 6.92 Å². The molecule has 2 saturated heterocycles. The van der Waals surface area contributed by atoms with E-state index in [-0.39, 0.29) is 17.9 Å². The number of hydrogen-bond donors (Lipinski definition) is 2. The van der Waals surface area contributed by atoms with Crippen LogP contribution in [-0.2, 0) is 11.3 Å². The number of rotatable bonds is 6. The fraction of sp³-hybridized carbons (Fsp3) is 0.462. The summed E-state index contributed by atoms with van der Waals surface area (Å²) in [5.74, 6) is 0.311. The van der Waals surface area contributed by atoms with E-state index in [9.17, 15) is 9.59 Å². The summed E-state index contributed by atoms with van der Waals surface area (Å²) in [6.07, 6.45) is 3.99. The Balaban J connectivity index is 1.36. The third kappa shape index (κ3) is 5.19. The Kier molecular flexibility index (Phi) is 7.22. The minimum Gasteiger partial charge on any atom is -0.376 e. The lowest BCUT2D eigenvalue weighted by atomic mass is 9.88. The van der Waals surface area contributed by atoms with Crippen molar-refractivity contribution in [1.29, 1.82) is 0 Å². The van der Waals surface area contributed by atoms with Gasteiger partial charge < -0.3 is 20.7 Å². The van der Waals surface area contributed by atoms with Gasteiger partial charge in [-0.3, -0.25) is 9.59 Å². The number of carbonyl (C=O) groups excluding carboxylic acids is 2. The van der Waals surface area contributed by atoms with Gasteiger partial charge in [-0.1, -0.05) is 30.3 Å². The molecule has 2 aliphatic heterocycles. The van der Waals surface area contributed by atoms with E-state index >= 15 is 0 Å². The van der Waals surface area contributed by atoms with Crippen molar-refractivity contribution in [2.24, 2.45) is 5.73 Å². The molecule has 2 aromatic carbocycles. The number of piperidine rings is 1. The summed E-state index contributed by atoms with van der Waals surface area (Å²) in [5.41, 5.74) is 10.1. The molecular formula is C26H33N3O3. The minimum atomic E-state index is -0.146. The van der Waals surface area contributed by atoms with Gasteiger partial charge in [-0.2, -0.15) is 0 Å². The largest absolute Gasteiger partial charge is 0.376 e. The van der Waals surface area contributed by atoms with Gasteiger partial charge in [0.1, 0.15) is 0 Å². The van der Waals surface area contributed by atoms with Crippen LogP contribution in [0.4, 0.5) is 0 Å². The molecule has 3 N–H and O–H groups in total. The van der Waals surface area contributed by atoms with Crippen LogP contribution in [0.2, 0.25) is 0 Å². The van der Waals surface area contributed by atoms with Gasteiger partial charge in [-0.15, -0.1) is 0 Å². The molecule has 6 heteroatoms. The summed E-state index contributed by atoms with van der Waals surface area (Å²) in [7, 11) is 0. The first kappa shape index (κ1) is 22.5. The summed E-state index contributed by atoms with van der Waals surface area (Å²) >= 11 is 0. The number of ether oxygens (including phenoxy) is 1. The van der Waals surface area contributed by atoms with Crippen LogP contribution in [0.15, 0.2) is 42.5 Å². The molecule has 0 bridgehead atoms. The van der Waals surface area contributed by atoms with E-state index in [4.69, 9.17) is 10.5 Å². The monoisotopic (exact) mass is 435 g/mol. The molecule has 2 aromatic rings. The first-order valence-electron chi connectivity index (χ1n) is 11.6. The van der Waals surface area contributed by atoms with Crippen molar-refractivity contribution >= 4 is 11.8 Å². The molecule has 0 saturated carbocycles. The first-order valence-corrected chi connectivity index (χ1v) is 11.6. The first-order chi connectivity index (χ1) is 15.5. The maximum atomic E-state index is 13.1. The zero-order valence-electron chi connectivity index (χ0n) is 18.8. The van der Waals surface area contributed by atoms with E-state index in [0.29, 0.717) is 30.1 Å². The van der Waals surface area contributed by atoms with E-state index in [1.807, 2.05) is 24.0 Å². The maximum Gasteiger partial charge on any atom is 0.253 e. The van der Waals surface area contributed by atoms with Gasteiger partial charge in [0.2, 0.25) is 0 Å². The lowest BCUT2D eigenvalue weighted by molar-refractivity contribution is 0.0713. The summed E-state index contributed by atoms with van der Waals surface area (Å²) in [6, 6.07) is 13.9. The topological polar surface area (TPSA) is 84.7 Å². The Morgan fingerprint density at radius 2 is 1.84 bits per heavy atom. The Hall–Kier alpha value is -2.70. The Morgan fingerprint density at radius 3 is 2.50 bits per heavy atom. The molecule has 170 valence electrons. The van der Waals surface area contributed by atoms with Crippen molar-refractivity contribution in [3.8, 4) is 0 Å². The van der Waals surface area contributed by atoms with Crippen molar-refractivity contribution in [3.05, 3.63) is 70.3 Å². The Bertz CT molecular complexity index is 943. The van der Waals surface area contributed by atoms with Crippen LogP contribution in [0.25, 0.3) is 0 Å². The molecule has 0 aliphatic carbocycles. The van der Waals surface area contributed by atoms with E-state index < -0.39 is 0 Å². The molecule has 2 aliphatic rings. The molecule has 32 heavy (non-hydrogen) atoms. The quantitative estimate of drug-likeness (QED) is 0.729. The molecule has 2 fully saturated rings. The Labute approximate surface area is 190 Å². The highest BCUT2D eigenvalue weighted by molar-refractivity contribution is 6.00. The van der Waals surface area contributed by atoms with E-state index in [0.717, 1.165) is 56.5 Å². The van der Waals surface area contributed by atoms with Crippen molar-refractivity contribution in [3.63, 3.8) is 0 Å². The van der Waals surface area contributed by atoms with Crippen molar-refractivity contribution < 1.29 is 14.3 Å². The molecule has 0 spiro atoms. The second-order valence-corrected chi connectivity index (χ2v) is 8.89. The summed E-state index contributed by atoms with van der Waals surface area (Å²) in [6.45, 7) is 5.16. The number of nitrogens with one attached hydrogen (secondary N) is 1. The molecule has 0 aromatic heterocycles. The van der Waals surface area contributed by atoms with Gasteiger partial charge in [-0.05, 0) is 67.3 Å². The number of likely N-dealkylation sites (tertiary alicyclic amines) is 1. The summed E-state index contributed by atoms with van der Waals surface area (Å²) < 4.78 is 5.58. The van der Waals surface area contributed by atoms with Gasteiger partial charge in [0, 0.05) is 43.9 Å². The van der Waals surface area contributed by atoms with Gasteiger partial charge in [0.25, 0.3) is 11.8 Å². The highest BCUT2D eigenvalue weighted by Crippen LogP contribution is 2.29. The van der Waals surface area contributed by atoms with Crippen LogP contribution in [0.1, 0.15) is 69.0 Å². The fourth-order valence-corrected chi connectivity index (χ4v) is 4.63. The third-order valence-corrected chi connectivity index (χ3v) is 6.71. The third-order valence-electron chi connectivity index (χ3n) is 6.71. The maximum absolute atomic E-state index is 13.1. The molecular weight excluding hydrogens is 402 g/mol. The number of amides is 2. The minimum absolute atomic E-state index is 0.00453. The van der Waals surface area contributed by atoms with Crippen LogP contribution < -0.4 is 11.1 Å². The molecule has 4 rings (SSSR count). The van der Waals surface area contributed by atoms with E-state index in [1.165, 1.54) is 5.56 Å². The second-order valence-electron chi connectivity index (χ2n) is 8.89. The fourth-order valence-electron chi connectivity index (χ4n) is 4.63. The number of nitrogens with zero attached hydrogens (tertiary/aromatic N) is 1. The number of nitrogens with two attached hydrogens (primary N) is 1. The zero-order valence-corrected chi connectivity index (χ0v) is 18.8. The van der Waals surface area contributed by atoms with Crippen LogP contribution in [0.5, 0.6) is 0 Å². The predicted octanol–water partition coefficient (Wildman–Crippen LogP) is 3.38. The van der Waals surface area contributed by atoms with Crippen molar-refractivity contribution in [2.75, 3.05) is 26.2 Å². The van der Waals surface area contributed by atoms with Gasteiger partial charge >= 0.3 is 0 Å². The zero-order chi connectivity index (χ0) is 22.5. The normalized spacial score (nSPS) is 19.2. The molecule has 2 heterocycles. The smallest absolute Gasteiger partial charge is 0.253 e. The second kappa shape index (κ2) is 10.3. The molecule has 2 amide bonds. The molecule has 6 nitrogen and oxygen atoms in total. The summed E-state index contributed by atoms with van der Waals surface area (Å²) in [5, 5.41) is 2.96. The highest BCUT2D eigenvalue weighted by Gasteiger charge is 2.25. The summed E-state index contributed by atoms with van der Waals surface area (Å²) in [4.78, 5) is 27.8. The average Bonchev–Trinajstić information content (AvgIpc) is 3.36. The van der Waals surface area contributed by atoms with Gasteiger partial charge in [-0.25, -0.2) is 0 Å². The van der Waals surface area contributed by atoms with Crippen LogP contribution in [0.3, 0.4) is 0 Å². The van der Waals surface area contributed by atoms with Crippen molar-refractivity contribution in [2.45, 2.75) is 51.2 Å². The molecule has 0 radical (unpaired) electrons. The number of aryl methyl sites for hydroxylation is 1. The van der Waals surface area contributed by atoms with Crippen LogP contribution in [-0.4, -0.2) is 49.1 Å². The number of benzene rings is 2. The van der Waals surface area contributed by atoms with Gasteiger partial charge in [0.15, 0.2) is 0 Å². The van der Waals surface area contributed by atoms with Crippen molar-refractivity contribution in [1.82, 2.24) is 10.2 Å². The number of carbonyl (C=O) groups is 2. The van der Waals surface area contributed by atoms with E-state index in [2.05, 4.69) is 29.6 Å². The van der Waals surface area contributed by atoms with E-state index in [1.54, 1.807) is 6.07 Å². The average molecular weight is 436 g/mol. The molecule has 1 unspecified atom stereocenters. The van der Waals surface area contributed by atoms with Crippen LogP contribution >= 0.6 is 0 Å². The standard InChI is InChI=1S/C26H33N3O3/c1-18-4-7-22(15-24(18)25(30)28-17-23-3-2-14-32-23)26(31)29-12-10-21(11-13-29)20-8-5-19(16-27)6-9-20/h4-9,15,21,23H,2-3,10-14,16-17,27H2,1H3,(H,28,30). The van der Waals surface area contributed by atoms with Gasteiger partial charge in [0.05, 0.1) is 6.10 Å². The Morgan fingerprint density at radius 1 is 1.09 bits per heavy atom. The lowest BCUT2D eigenvalue weighted by Crippen LogP contribution is -2.38. The SMILES string of the molecule is Cc1ccc(C(=O)N2CCC(c3ccc(CN)cc3)CC2)cc1C(=O)NCC1CCCO1. The number of hydrogen-bond acceptors (Lipinski definition) is 4. The lowest BCUT2D eigenvalue weighted by Gasteiger charge is -2.32. The predicted molar refractivity (Wildman–Crippen MR) is 125 cm³/mol. The highest BCUT2D eigenvalue weighted by atomic mass is 16.5. The molecule has 1 atom stereocenters.